The van der Waals surface area contributed by atoms with Crippen LogP contribution in [-0.4, -0.2) is 13.1 Å². The summed E-state index contributed by atoms with van der Waals surface area (Å²) in [5.74, 6) is 2.57. The van der Waals surface area contributed by atoms with Gasteiger partial charge >= 0.3 is 0 Å². The molecular formula is C16H25N. The summed E-state index contributed by atoms with van der Waals surface area (Å²) >= 11 is 0. The lowest BCUT2D eigenvalue weighted by Crippen LogP contribution is -2.24. The van der Waals surface area contributed by atoms with Crippen molar-refractivity contribution in [2.45, 2.75) is 39.0 Å². The van der Waals surface area contributed by atoms with Crippen LogP contribution in [0.3, 0.4) is 0 Å². The van der Waals surface area contributed by atoms with Crippen molar-refractivity contribution in [3.05, 3.63) is 35.9 Å². The van der Waals surface area contributed by atoms with E-state index in [9.17, 15) is 0 Å². The van der Waals surface area contributed by atoms with Gasteiger partial charge in [-0.1, -0.05) is 44.2 Å². The number of benzene rings is 1. The molecular weight excluding hydrogens is 206 g/mol. The minimum Gasteiger partial charge on any atom is -0.316 e. The van der Waals surface area contributed by atoms with Gasteiger partial charge in [0, 0.05) is 0 Å². The van der Waals surface area contributed by atoms with Crippen LogP contribution in [0.25, 0.3) is 0 Å². The van der Waals surface area contributed by atoms with E-state index in [0.29, 0.717) is 5.92 Å². The Bertz CT molecular complexity index is 316. The summed E-state index contributed by atoms with van der Waals surface area (Å²) in [4.78, 5) is 0. The molecule has 0 radical (unpaired) electrons. The summed E-state index contributed by atoms with van der Waals surface area (Å²) in [6.45, 7) is 7.05. The van der Waals surface area contributed by atoms with Crippen molar-refractivity contribution in [1.82, 2.24) is 5.32 Å². The van der Waals surface area contributed by atoms with E-state index in [1.165, 1.54) is 31.4 Å². The van der Waals surface area contributed by atoms with Crippen molar-refractivity contribution >= 4 is 0 Å². The van der Waals surface area contributed by atoms with E-state index in [4.69, 9.17) is 0 Å². The molecule has 1 nitrogen and oxygen atoms in total. The van der Waals surface area contributed by atoms with Crippen LogP contribution >= 0.6 is 0 Å². The van der Waals surface area contributed by atoms with Crippen molar-refractivity contribution in [1.29, 1.82) is 0 Å². The zero-order valence-corrected chi connectivity index (χ0v) is 11.2. The average Bonchev–Trinajstić information content (AvgIpc) is 3.19. The summed E-state index contributed by atoms with van der Waals surface area (Å²) in [5.41, 5.74) is 1.46. The fourth-order valence-corrected chi connectivity index (χ4v) is 2.43. The molecule has 1 heteroatoms. The Balaban J connectivity index is 1.61. The van der Waals surface area contributed by atoms with Gasteiger partial charge in [-0.2, -0.15) is 0 Å². The molecule has 0 spiro atoms. The standard InChI is InChI=1S/C16H25N/c1-13(15-6-4-3-5-7-15)10-11-17-12-14(2)16-8-9-16/h3-7,13-14,16-17H,8-12H2,1-2H3. The van der Waals surface area contributed by atoms with E-state index >= 15 is 0 Å². The Labute approximate surface area is 106 Å². The van der Waals surface area contributed by atoms with Crippen molar-refractivity contribution in [2.24, 2.45) is 11.8 Å². The molecule has 2 rings (SSSR count). The molecule has 0 aromatic heterocycles. The summed E-state index contributed by atoms with van der Waals surface area (Å²) in [6.07, 6.45) is 4.16. The maximum atomic E-state index is 3.61. The van der Waals surface area contributed by atoms with Gasteiger partial charge in [-0.25, -0.2) is 0 Å². The van der Waals surface area contributed by atoms with E-state index in [2.05, 4.69) is 49.5 Å². The van der Waals surface area contributed by atoms with Crippen LogP contribution in [0.5, 0.6) is 0 Å². The van der Waals surface area contributed by atoms with Gasteiger partial charge in [-0.3, -0.25) is 0 Å². The maximum absolute atomic E-state index is 3.61. The molecule has 1 aromatic rings. The van der Waals surface area contributed by atoms with Crippen LogP contribution in [0.1, 0.15) is 44.6 Å². The minimum atomic E-state index is 0.667. The highest BCUT2D eigenvalue weighted by atomic mass is 14.9. The molecule has 1 aliphatic carbocycles. The van der Waals surface area contributed by atoms with E-state index < -0.39 is 0 Å². The molecule has 0 aliphatic heterocycles. The quantitative estimate of drug-likeness (QED) is 0.704. The van der Waals surface area contributed by atoms with Crippen LogP contribution in [0, 0.1) is 11.8 Å². The fraction of sp³-hybridized carbons (Fsp3) is 0.625. The maximum Gasteiger partial charge on any atom is -0.00205 e. The minimum absolute atomic E-state index is 0.667. The molecule has 2 atom stereocenters. The van der Waals surface area contributed by atoms with Crippen LogP contribution in [-0.2, 0) is 0 Å². The van der Waals surface area contributed by atoms with Crippen LogP contribution in [0.4, 0.5) is 0 Å². The number of nitrogens with one attached hydrogen (secondary N) is 1. The molecule has 0 bridgehead atoms. The molecule has 1 aliphatic rings. The van der Waals surface area contributed by atoms with E-state index in [0.717, 1.165) is 18.4 Å². The van der Waals surface area contributed by atoms with E-state index in [1.807, 2.05) is 0 Å². The molecule has 2 unspecified atom stereocenters. The first-order valence-electron chi connectivity index (χ1n) is 7.03. The van der Waals surface area contributed by atoms with Crippen LogP contribution < -0.4 is 5.32 Å². The number of hydrogen-bond donors (Lipinski definition) is 1. The highest BCUT2D eigenvalue weighted by Gasteiger charge is 2.27. The molecule has 17 heavy (non-hydrogen) atoms. The SMILES string of the molecule is CC(CCNCC(C)C1CC1)c1ccccc1. The highest BCUT2D eigenvalue weighted by molar-refractivity contribution is 5.18. The lowest BCUT2D eigenvalue weighted by molar-refractivity contribution is 0.453. The Kier molecular flexibility index (Phi) is 4.61. The lowest BCUT2D eigenvalue weighted by atomic mass is 9.98. The second-order valence-electron chi connectivity index (χ2n) is 5.62. The van der Waals surface area contributed by atoms with Gasteiger partial charge in [-0.05, 0) is 55.7 Å². The molecule has 0 amide bonds. The third-order valence-electron chi connectivity index (χ3n) is 4.02. The van der Waals surface area contributed by atoms with E-state index in [-0.39, 0.29) is 0 Å². The number of rotatable bonds is 7. The predicted octanol–water partition coefficient (Wildman–Crippen LogP) is 3.82. The van der Waals surface area contributed by atoms with Gasteiger partial charge in [0.1, 0.15) is 0 Å². The van der Waals surface area contributed by atoms with Gasteiger partial charge in [-0.15, -0.1) is 0 Å². The number of hydrogen-bond acceptors (Lipinski definition) is 1. The Morgan fingerprint density at radius 2 is 1.88 bits per heavy atom. The smallest absolute Gasteiger partial charge is 0.00205 e. The second kappa shape index (κ2) is 6.20. The summed E-state index contributed by atoms with van der Waals surface area (Å²) in [5, 5.41) is 3.61. The van der Waals surface area contributed by atoms with Gasteiger partial charge in [0.15, 0.2) is 0 Å². The Hall–Kier alpha value is -0.820. The molecule has 1 fully saturated rings. The van der Waals surface area contributed by atoms with Crippen molar-refractivity contribution in [2.75, 3.05) is 13.1 Å². The fourth-order valence-electron chi connectivity index (χ4n) is 2.43. The molecule has 0 saturated heterocycles. The zero-order chi connectivity index (χ0) is 12.1. The van der Waals surface area contributed by atoms with Crippen molar-refractivity contribution < 1.29 is 0 Å². The second-order valence-corrected chi connectivity index (χ2v) is 5.62. The Morgan fingerprint density at radius 1 is 1.18 bits per heavy atom. The van der Waals surface area contributed by atoms with Gasteiger partial charge < -0.3 is 5.32 Å². The predicted molar refractivity (Wildman–Crippen MR) is 74.2 cm³/mol. The van der Waals surface area contributed by atoms with E-state index in [1.54, 1.807) is 0 Å². The summed E-state index contributed by atoms with van der Waals surface area (Å²) in [6, 6.07) is 10.8. The first-order chi connectivity index (χ1) is 8.27. The normalized spacial score (nSPS) is 18.9. The van der Waals surface area contributed by atoms with Gasteiger partial charge in [0.2, 0.25) is 0 Å². The molecule has 1 aromatic carbocycles. The van der Waals surface area contributed by atoms with Crippen molar-refractivity contribution in [3.8, 4) is 0 Å². The monoisotopic (exact) mass is 231 g/mol. The van der Waals surface area contributed by atoms with Crippen LogP contribution in [0.15, 0.2) is 30.3 Å². The van der Waals surface area contributed by atoms with Gasteiger partial charge in [0.05, 0.1) is 0 Å². The first-order valence-corrected chi connectivity index (χ1v) is 7.03. The first kappa shape index (κ1) is 12.6. The highest BCUT2D eigenvalue weighted by Crippen LogP contribution is 2.36. The molecule has 1 N–H and O–H groups in total. The lowest BCUT2D eigenvalue weighted by Gasteiger charge is -2.14. The molecule has 0 heterocycles. The van der Waals surface area contributed by atoms with Crippen LogP contribution in [0.2, 0.25) is 0 Å². The topological polar surface area (TPSA) is 12.0 Å². The molecule has 1 saturated carbocycles. The van der Waals surface area contributed by atoms with Gasteiger partial charge in [0.25, 0.3) is 0 Å². The summed E-state index contributed by atoms with van der Waals surface area (Å²) in [7, 11) is 0. The average molecular weight is 231 g/mol. The summed E-state index contributed by atoms with van der Waals surface area (Å²) < 4.78 is 0. The Morgan fingerprint density at radius 3 is 2.53 bits per heavy atom. The third kappa shape index (κ3) is 4.16. The third-order valence-corrected chi connectivity index (χ3v) is 4.02. The van der Waals surface area contributed by atoms with Crippen molar-refractivity contribution in [3.63, 3.8) is 0 Å². The molecule has 94 valence electrons. The largest absolute Gasteiger partial charge is 0.316 e. The zero-order valence-electron chi connectivity index (χ0n) is 11.2.